The molecule has 2 rings (SSSR count). The summed E-state index contributed by atoms with van der Waals surface area (Å²) in [5, 5.41) is 8.77. The molecule has 0 aromatic carbocycles. The van der Waals surface area contributed by atoms with Gasteiger partial charge in [-0.25, -0.2) is 9.97 Å². The van der Waals surface area contributed by atoms with Crippen molar-refractivity contribution < 1.29 is 5.11 Å². The maximum atomic E-state index is 8.77. The summed E-state index contributed by atoms with van der Waals surface area (Å²) in [6.07, 6.45) is 10.3. The van der Waals surface area contributed by atoms with E-state index in [1.165, 1.54) is 38.4 Å². The molecule has 0 spiro atoms. The van der Waals surface area contributed by atoms with Crippen LogP contribution in [-0.4, -0.2) is 15.1 Å². The van der Waals surface area contributed by atoms with Gasteiger partial charge in [-0.3, -0.25) is 0 Å². The molecule has 0 saturated heterocycles. The second-order valence-corrected chi connectivity index (χ2v) is 4.27. The third-order valence-electron chi connectivity index (χ3n) is 2.76. The number of nitrogens with zero attached hydrogens (tertiary/aromatic N) is 2. The zero-order chi connectivity index (χ0) is 11.1. The molecule has 1 aliphatic carbocycles. The molecule has 3 nitrogen and oxygen atoms in total. The molecule has 1 aromatic heterocycles. The fourth-order valence-electron chi connectivity index (χ4n) is 1.70. The predicted molar refractivity (Wildman–Crippen MR) is 60.7 cm³/mol. The number of aryl methyl sites for hydroxylation is 1. The van der Waals surface area contributed by atoms with Crippen LogP contribution in [0.25, 0.3) is 0 Å². The molecule has 0 bridgehead atoms. The van der Waals surface area contributed by atoms with Gasteiger partial charge in [-0.05, 0) is 12.8 Å². The van der Waals surface area contributed by atoms with Gasteiger partial charge in [0.05, 0.1) is 0 Å². The van der Waals surface area contributed by atoms with E-state index >= 15 is 0 Å². The highest BCUT2D eigenvalue weighted by atomic mass is 16.3. The molecule has 15 heavy (non-hydrogen) atoms. The van der Waals surface area contributed by atoms with Crippen LogP contribution in [-0.2, 0) is 0 Å². The maximum Gasteiger partial charge on any atom is 0.216 e. The van der Waals surface area contributed by atoms with Gasteiger partial charge >= 0.3 is 0 Å². The fraction of sp³-hybridized carbons (Fsp3) is 0.667. The number of aromatic nitrogens is 2. The van der Waals surface area contributed by atoms with Gasteiger partial charge in [-0.1, -0.05) is 39.0 Å². The lowest BCUT2D eigenvalue weighted by atomic mass is 9.91. The van der Waals surface area contributed by atoms with Gasteiger partial charge in [-0.2, -0.15) is 0 Å². The molecule has 0 amide bonds. The number of hydrogen-bond donors (Lipinski definition) is 1. The minimum atomic E-state index is 0.0556. The Balaban J connectivity index is 0.000000151. The normalized spacial score (nSPS) is 16.7. The van der Waals surface area contributed by atoms with E-state index in [0.717, 1.165) is 5.92 Å². The average molecular weight is 208 g/mol. The van der Waals surface area contributed by atoms with Crippen LogP contribution < -0.4 is 0 Å². The van der Waals surface area contributed by atoms with E-state index in [9.17, 15) is 0 Å². The third kappa shape index (κ3) is 4.77. The van der Waals surface area contributed by atoms with Crippen molar-refractivity contribution >= 4 is 0 Å². The summed E-state index contributed by atoms with van der Waals surface area (Å²) in [6.45, 7) is 4.11. The Morgan fingerprint density at radius 1 is 1.27 bits per heavy atom. The molecule has 0 atom stereocenters. The molecular weight excluding hydrogens is 188 g/mol. The van der Waals surface area contributed by atoms with Crippen LogP contribution in [0.3, 0.4) is 0 Å². The maximum absolute atomic E-state index is 8.77. The van der Waals surface area contributed by atoms with E-state index in [-0.39, 0.29) is 5.88 Å². The SMILES string of the molecule is CC1CCCCC1.Cc1cncnc1O. The van der Waals surface area contributed by atoms with E-state index in [1.54, 1.807) is 13.1 Å². The number of rotatable bonds is 0. The second-order valence-electron chi connectivity index (χ2n) is 4.27. The smallest absolute Gasteiger partial charge is 0.216 e. The van der Waals surface area contributed by atoms with Gasteiger partial charge in [-0.15, -0.1) is 0 Å². The molecule has 1 fully saturated rings. The molecule has 1 N–H and O–H groups in total. The Kier molecular flexibility index (Phi) is 5.08. The van der Waals surface area contributed by atoms with Gasteiger partial charge in [0.2, 0.25) is 5.88 Å². The molecule has 3 heteroatoms. The molecule has 0 aliphatic heterocycles. The summed E-state index contributed by atoms with van der Waals surface area (Å²) in [5.41, 5.74) is 0.701. The second kappa shape index (κ2) is 6.38. The van der Waals surface area contributed by atoms with Crippen molar-refractivity contribution in [3.05, 3.63) is 18.1 Å². The standard InChI is InChI=1S/C7H14.C5H6N2O/c1-7-5-3-2-4-6-7;1-4-2-6-3-7-5(4)8/h7H,2-6H2,1H3;2-3H,1H3,(H,6,7,8). The van der Waals surface area contributed by atoms with E-state index in [1.807, 2.05) is 0 Å². The van der Waals surface area contributed by atoms with Crippen molar-refractivity contribution in [3.63, 3.8) is 0 Å². The van der Waals surface area contributed by atoms with Crippen molar-refractivity contribution in [2.45, 2.75) is 46.0 Å². The van der Waals surface area contributed by atoms with Crippen molar-refractivity contribution in [2.75, 3.05) is 0 Å². The van der Waals surface area contributed by atoms with Gasteiger partial charge < -0.3 is 5.11 Å². The van der Waals surface area contributed by atoms with Gasteiger partial charge in [0.15, 0.2) is 0 Å². The van der Waals surface area contributed by atoms with E-state index in [4.69, 9.17) is 5.11 Å². The van der Waals surface area contributed by atoms with Crippen LogP contribution in [0.4, 0.5) is 0 Å². The summed E-state index contributed by atoms with van der Waals surface area (Å²) in [4.78, 5) is 7.20. The van der Waals surface area contributed by atoms with Crippen LogP contribution in [0, 0.1) is 12.8 Å². The largest absolute Gasteiger partial charge is 0.493 e. The van der Waals surface area contributed by atoms with E-state index < -0.39 is 0 Å². The Morgan fingerprint density at radius 3 is 2.27 bits per heavy atom. The van der Waals surface area contributed by atoms with E-state index in [2.05, 4.69) is 16.9 Å². The Labute approximate surface area is 91.6 Å². The number of hydrogen-bond acceptors (Lipinski definition) is 3. The lowest BCUT2D eigenvalue weighted by molar-refractivity contribution is 0.385. The van der Waals surface area contributed by atoms with Gasteiger partial charge in [0.25, 0.3) is 0 Å². The van der Waals surface area contributed by atoms with Gasteiger partial charge in [0.1, 0.15) is 6.33 Å². The topological polar surface area (TPSA) is 46.0 Å². The molecular formula is C12H20N2O. The van der Waals surface area contributed by atoms with E-state index in [0.29, 0.717) is 5.56 Å². The van der Waals surface area contributed by atoms with Crippen molar-refractivity contribution in [1.82, 2.24) is 9.97 Å². The van der Waals surface area contributed by atoms with Gasteiger partial charge in [0, 0.05) is 11.8 Å². The molecule has 0 radical (unpaired) electrons. The Bertz CT molecular complexity index is 262. The van der Waals surface area contributed by atoms with Crippen LogP contribution in [0.15, 0.2) is 12.5 Å². The zero-order valence-electron chi connectivity index (χ0n) is 9.61. The zero-order valence-corrected chi connectivity index (χ0v) is 9.61. The molecule has 0 unspecified atom stereocenters. The molecule has 84 valence electrons. The first-order valence-corrected chi connectivity index (χ1v) is 5.65. The molecule has 1 aliphatic rings. The summed E-state index contributed by atoms with van der Waals surface area (Å²) in [5.74, 6) is 1.09. The Morgan fingerprint density at radius 2 is 1.93 bits per heavy atom. The first-order chi connectivity index (χ1) is 7.20. The van der Waals surface area contributed by atoms with Crippen LogP contribution >= 0.6 is 0 Å². The van der Waals surface area contributed by atoms with Crippen molar-refractivity contribution in [3.8, 4) is 5.88 Å². The Hall–Kier alpha value is -1.12. The van der Waals surface area contributed by atoms with Crippen LogP contribution in [0.5, 0.6) is 5.88 Å². The number of aromatic hydroxyl groups is 1. The van der Waals surface area contributed by atoms with Crippen molar-refractivity contribution in [2.24, 2.45) is 5.92 Å². The van der Waals surface area contributed by atoms with Crippen molar-refractivity contribution in [1.29, 1.82) is 0 Å². The molecule has 1 saturated carbocycles. The summed E-state index contributed by atoms with van der Waals surface area (Å²) in [6, 6.07) is 0. The average Bonchev–Trinajstić information content (AvgIpc) is 2.25. The molecule has 1 aromatic rings. The minimum absolute atomic E-state index is 0.0556. The minimum Gasteiger partial charge on any atom is -0.493 e. The first-order valence-electron chi connectivity index (χ1n) is 5.65. The summed E-state index contributed by atoms with van der Waals surface area (Å²) in [7, 11) is 0. The quantitative estimate of drug-likeness (QED) is 0.712. The molecule has 1 heterocycles. The first kappa shape index (κ1) is 12.0. The van der Waals surface area contributed by atoms with Crippen LogP contribution in [0.2, 0.25) is 0 Å². The fourth-order valence-corrected chi connectivity index (χ4v) is 1.70. The highest BCUT2D eigenvalue weighted by Gasteiger charge is 2.05. The highest BCUT2D eigenvalue weighted by molar-refractivity contribution is 5.17. The summed E-state index contributed by atoms with van der Waals surface area (Å²) < 4.78 is 0. The predicted octanol–water partition coefficient (Wildman–Crippen LogP) is 3.08. The van der Waals surface area contributed by atoms with Crippen LogP contribution in [0.1, 0.15) is 44.6 Å². The lowest BCUT2D eigenvalue weighted by Crippen LogP contribution is -1.99. The highest BCUT2D eigenvalue weighted by Crippen LogP contribution is 2.22. The monoisotopic (exact) mass is 208 g/mol. The lowest BCUT2D eigenvalue weighted by Gasteiger charge is -2.15. The summed E-state index contributed by atoms with van der Waals surface area (Å²) >= 11 is 0. The third-order valence-corrected chi connectivity index (χ3v) is 2.76.